The Hall–Kier alpha value is -10.1. The van der Waals surface area contributed by atoms with Crippen LogP contribution in [-0.4, -0.2) is 267 Å². The second-order valence-electron chi connectivity index (χ2n) is 28.2. The van der Waals surface area contributed by atoms with Crippen molar-refractivity contribution in [1.29, 1.82) is 0 Å². The molecule has 0 saturated carbocycles. The minimum absolute atomic E-state index is 0.0162. The number of imidazole rings is 1. The molecule has 0 unspecified atom stereocenters. The van der Waals surface area contributed by atoms with Crippen LogP contribution in [0.3, 0.4) is 0 Å². The number of nitrogens with zero attached hydrogens (tertiary/aromatic N) is 6. The van der Waals surface area contributed by atoms with Gasteiger partial charge in [-0.25, -0.2) is 9.78 Å². The monoisotopic (exact) mass is 1520 g/mol. The molecule has 24 N–H and O–H groups in total. The highest BCUT2D eigenvalue weighted by Gasteiger charge is 2.45. The molecule has 6 rings (SSSR count). The van der Waals surface area contributed by atoms with Crippen LogP contribution in [0.4, 0.5) is 0 Å². The maximum absolute atomic E-state index is 15.0. The lowest BCUT2D eigenvalue weighted by Crippen LogP contribution is -2.61. The molecule has 0 bridgehead atoms. The number of H-pyrrole nitrogens is 1. The van der Waals surface area contributed by atoms with E-state index < -0.39 is 162 Å². The number of guanidine groups is 2. The first kappa shape index (κ1) is 86.9. The van der Waals surface area contributed by atoms with Gasteiger partial charge < -0.3 is 117 Å². The van der Waals surface area contributed by atoms with Gasteiger partial charge in [0.05, 0.1) is 12.9 Å². The fourth-order valence-electron chi connectivity index (χ4n) is 13.7. The van der Waals surface area contributed by atoms with Gasteiger partial charge in [-0.3, -0.25) is 72.3 Å². The largest absolute Gasteiger partial charge is 0.480 e. The zero-order valence-corrected chi connectivity index (χ0v) is 62.0. The minimum atomic E-state index is -1.79. The molecule has 4 saturated heterocycles. The van der Waals surface area contributed by atoms with Gasteiger partial charge in [0.1, 0.15) is 78.5 Å². The minimum Gasteiger partial charge on any atom is -0.480 e. The van der Waals surface area contributed by atoms with E-state index in [-0.39, 0.29) is 179 Å². The van der Waals surface area contributed by atoms with Crippen molar-refractivity contribution in [1.82, 2.24) is 83.2 Å². The second kappa shape index (κ2) is 44.3. The fourth-order valence-corrected chi connectivity index (χ4v) is 13.7. The zero-order chi connectivity index (χ0) is 79.0. The van der Waals surface area contributed by atoms with E-state index in [2.05, 4.69) is 78.4 Å². The molecular weight excluding hydrogens is 1410 g/mol. The molecule has 5 aliphatic heterocycles. The zero-order valence-electron chi connectivity index (χ0n) is 62.0. The number of nitrogens with one attached hydrogen (secondary N) is 12. The predicted molar refractivity (Wildman–Crippen MR) is 393 cm³/mol. The molecule has 600 valence electrons. The lowest BCUT2D eigenvalue weighted by atomic mass is 10.0. The molecule has 39 heteroatoms. The molecule has 0 aliphatic carbocycles. The normalized spacial score (nSPS) is 22.7. The molecule has 6 heterocycles. The topological polar surface area (TPSA) is 605 Å². The van der Waals surface area contributed by atoms with Crippen molar-refractivity contribution in [3.05, 3.63) is 30.4 Å². The summed E-state index contributed by atoms with van der Waals surface area (Å²) in [4.78, 5) is 216. The SMILES string of the molecule is CCCC[C@@H]1NC(=O)[C@@H]2CCCN2C(=O)[C@@H](NC(=O)[C@H](CCCCN)NC(=O)[C@H](Cc2cnc[nH]2)NC(=O)[C@H](CO)NC(=O)[C@H](CC(C)C)NC(=O)[C@H](CCCN=C(N)N)NC(=O)[C@@H]2CCCN2C(=O)[C@H](CCCN=C(N)N)NC(=O)[C@@H]2CCC(=O)N2)CCNC/C=C\C[C@H](C(=O)O)NC(=O)[C@@H]2CCCN2C1=O. The summed E-state index contributed by atoms with van der Waals surface area (Å²) in [6.45, 7) is 5.34. The number of rotatable bonds is 36. The number of likely N-dealkylation sites (tertiary alicyclic amines) is 1. The fraction of sp³-hybridized carbons (Fsp3) is 0.696. The summed E-state index contributed by atoms with van der Waals surface area (Å²) in [6.07, 6.45) is 9.93. The summed E-state index contributed by atoms with van der Waals surface area (Å²) in [5.41, 5.74) is 28.4. The number of carboxylic acid groups (broad SMARTS) is 1. The van der Waals surface area contributed by atoms with E-state index in [1.807, 2.05) is 6.92 Å². The van der Waals surface area contributed by atoms with Crippen LogP contribution in [0, 0.1) is 5.92 Å². The lowest BCUT2D eigenvalue weighted by Gasteiger charge is -2.32. The highest BCUT2D eigenvalue weighted by molar-refractivity contribution is 6.01. The number of aliphatic carboxylic acids is 1. The van der Waals surface area contributed by atoms with Crippen LogP contribution in [0.2, 0.25) is 0 Å². The van der Waals surface area contributed by atoms with Gasteiger partial charge in [0.15, 0.2) is 11.9 Å². The molecule has 1 aromatic rings. The molecule has 39 nitrogen and oxygen atoms in total. The standard InChI is InChI=1S/C69H113N23O16/c1-4-5-15-44-64(104)91-32-14-22-53(91)63(103)86-47(67(107)108)17-7-9-27-75-30-25-46(66(106)92-33-13-21-52(92)62(102)85-44)84-55(95)41(16-6-8-26-70)81-59(99)49(35-40-36-76-38-79-40)88-60(100)50(37-93)89-58(98)48(34-39(2)3)87-56(96)42(18-10-28-77-68(71)72)82-61(101)51-20-12-31-90(51)65(105)45(19-11-29-78-69(73)74)83-57(97)43-23-24-54(94)80-43/h7,9,36,38-39,41-53,75,93H,4-6,8,10-35,37,70H2,1-3H3,(H,76,79)(H,80,94)(H,81,99)(H,82,101)(H,83,97)(H,84,95)(H,85,102)(H,86,103)(H,87,96)(H,88,100)(H,89,98)(H,107,108)(H4,71,72,77)(H4,73,74,78)/b9-7-/t41-,42-,43-,44-,45-,46-,47+,48-,49-,50-,51-,52-,53-/m0/s1. The van der Waals surface area contributed by atoms with E-state index in [4.69, 9.17) is 28.7 Å². The van der Waals surface area contributed by atoms with Gasteiger partial charge in [0.25, 0.3) is 0 Å². The highest BCUT2D eigenvalue weighted by atomic mass is 16.4. The van der Waals surface area contributed by atoms with Crippen molar-refractivity contribution >= 4 is 94.7 Å². The number of hydrogen-bond acceptors (Lipinski definition) is 20. The van der Waals surface area contributed by atoms with Crippen LogP contribution in [0.25, 0.3) is 0 Å². The quantitative estimate of drug-likeness (QED) is 0.0129. The van der Waals surface area contributed by atoms with Gasteiger partial charge >= 0.3 is 5.97 Å². The Morgan fingerprint density at radius 1 is 0.630 bits per heavy atom. The van der Waals surface area contributed by atoms with Gasteiger partial charge in [-0.1, -0.05) is 45.8 Å². The molecular formula is C69H113N23O16. The number of carbonyl (C=O) groups is 14. The summed E-state index contributed by atoms with van der Waals surface area (Å²) in [5.74, 6) is -11.4. The van der Waals surface area contributed by atoms with Crippen molar-refractivity contribution in [3.63, 3.8) is 0 Å². The first-order chi connectivity index (χ1) is 51.6. The Bertz CT molecular complexity index is 3350. The van der Waals surface area contributed by atoms with Crippen molar-refractivity contribution in [2.45, 2.75) is 241 Å². The average Bonchev–Trinajstić information content (AvgIpc) is 1.64. The first-order valence-corrected chi connectivity index (χ1v) is 37.6. The molecule has 0 radical (unpaired) electrons. The predicted octanol–water partition coefficient (Wildman–Crippen LogP) is -5.94. The molecule has 0 aromatic carbocycles. The number of carboxylic acids is 1. The summed E-state index contributed by atoms with van der Waals surface area (Å²) < 4.78 is 0. The number of aromatic amines is 1. The molecule has 5 aliphatic rings. The number of aliphatic hydroxyl groups is 1. The van der Waals surface area contributed by atoms with Crippen LogP contribution in [0.15, 0.2) is 34.7 Å². The molecule has 13 atom stereocenters. The molecule has 1 aromatic heterocycles. The Balaban J connectivity index is 1.19. The van der Waals surface area contributed by atoms with Gasteiger partial charge in [-0.15, -0.1) is 0 Å². The first-order valence-electron chi connectivity index (χ1n) is 37.6. The van der Waals surface area contributed by atoms with Crippen LogP contribution in [0.1, 0.15) is 161 Å². The summed E-state index contributed by atoms with van der Waals surface area (Å²) >= 11 is 0. The van der Waals surface area contributed by atoms with Gasteiger partial charge in [0, 0.05) is 64.0 Å². The summed E-state index contributed by atoms with van der Waals surface area (Å²) in [5, 5.41) is 50.8. The van der Waals surface area contributed by atoms with E-state index >= 15 is 0 Å². The maximum atomic E-state index is 15.0. The van der Waals surface area contributed by atoms with Crippen molar-refractivity contribution in [2.24, 2.45) is 44.6 Å². The molecule has 13 amide bonds. The van der Waals surface area contributed by atoms with Crippen LogP contribution in [0.5, 0.6) is 0 Å². The van der Waals surface area contributed by atoms with Gasteiger partial charge in [0.2, 0.25) is 76.8 Å². The Morgan fingerprint density at radius 2 is 1.21 bits per heavy atom. The number of unbranched alkanes of at least 4 members (excludes halogenated alkanes) is 2. The number of aliphatic imine (C=N–C) groups is 2. The highest BCUT2D eigenvalue weighted by Crippen LogP contribution is 2.25. The summed E-state index contributed by atoms with van der Waals surface area (Å²) in [6, 6.07) is -16.6. The van der Waals surface area contributed by atoms with Crippen LogP contribution < -0.4 is 87.2 Å². The number of nitrogens with two attached hydrogens (primary N) is 5. The number of hydrogen-bond donors (Lipinski definition) is 19. The average molecular weight is 1520 g/mol. The van der Waals surface area contributed by atoms with Crippen LogP contribution >= 0.6 is 0 Å². The van der Waals surface area contributed by atoms with Gasteiger partial charge in [-0.2, -0.15) is 0 Å². The Labute approximate surface area is 627 Å². The Morgan fingerprint density at radius 3 is 1.82 bits per heavy atom. The number of aliphatic hydroxyl groups excluding tert-OH is 1. The van der Waals surface area contributed by atoms with E-state index in [1.54, 1.807) is 26.0 Å². The number of amides is 13. The lowest BCUT2D eigenvalue weighted by molar-refractivity contribution is -0.146. The maximum Gasteiger partial charge on any atom is 0.326 e. The van der Waals surface area contributed by atoms with Crippen molar-refractivity contribution < 1.29 is 77.3 Å². The van der Waals surface area contributed by atoms with E-state index in [0.717, 1.165) is 0 Å². The molecule has 4 fully saturated rings. The number of carbonyl (C=O) groups excluding carboxylic acids is 13. The third kappa shape index (κ3) is 27.0. The van der Waals surface area contributed by atoms with E-state index in [9.17, 15) is 77.3 Å². The van der Waals surface area contributed by atoms with Gasteiger partial charge in [-0.05, 0) is 135 Å². The smallest absolute Gasteiger partial charge is 0.326 e. The molecule has 108 heavy (non-hydrogen) atoms. The number of fused-ring (bicyclic) bond motifs is 2. The summed E-state index contributed by atoms with van der Waals surface area (Å²) in [7, 11) is 0. The molecule has 0 spiro atoms. The van der Waals surface area contributed by atoms with E-state index in [0.29, 0.717) is 44.2 Å². The van der Waals surface area contributed by atoms with Crippen molar-refractivity contribution in [3.8, 4) is 0 Å². The van der Waals surface area contributed by atoms with Crippen molar-refractivity contribution in [2.75, 3.05) is 59.0 Å². The number of aromatic nitrogens is 2. The Kier molecular flexibility index (Phi) is 35.6. The second-order valence-corrected chi connectivity index (χ2v) is 28.2. The third-order valence-corrected chi connectivity index (χ3v) is 19.4. The van der Waals surface area contributed by atoms with Crippen LogP contribution in [-0.2, 0) is 73.5 Å². The van der Waals surface area contributed by atoms with E-state index in [1.165, 1.54) is 27.2 Å². The third-order valence-electron chi connectivity index (χ3n) is 19.4.